The van der Waals surface area contributed by atoms with Gasteiger partial charge in [-0.1, -0.05) is 0 Å². The highest BCUT2D eigenvalue weighted by Crippen LogP contribution is 2.21. The van der Waals surface area contributed by atoms with E-state index in [1.54, 1.807) is 18.2 Å². The van der Waals surface area contributed by atoms with Crippen LogP contribution in [0.2, 0.25) is 0 Å². The van der Waals surface area contributed by atoms with Crippen LogP contribution in [0.5, 0.6) is 6.01 Å². The van der Waals surface area contributed by atoms with Crippen LogP contribution >= 0.6 is 0 Å². The van der Waals surface area contributed by atoms with E-state index in [4.69, 9.17) is 5.11 Å². The third-order valence-electron chi connectivity index (χ3n) is 2.78. The van der Waals surface area contributed by atoms with Gasteiger partial charge in [0.05, 0.1) is 5.52 Å². The zero-order valence-corrected chi connectivity index (χ0v) is 11.2. The van der Waals surface area contributed by atoms with E-state index in [0.29, 0.717) is 16.6 Å². The van der Waals surface area contributed by atoms with Gasteiger partial charge in [0, 0.05) is 18.0 Å². The average molecular weight is 303 g/mol. The number of amides is 1. The summed E-state index contributed by atoms with van der Waals surface area (Å²) < 4.78 is 5.24. The Morgan fingerprint density at radius 3 is 2.86 bits per heavy atom. The fourth-order valence-electron chi connectivity index (χ4n) is 2.02. The van der Waals surface area contributed by atoms with Crippen molar-refractivity contribution in [1.29, 1.82) is 0 Å². The third-order valence-corrected chi connectivity index (χ3v) is 2.78. The number of carboxylic acid groups (broad SMARTS) is 1. The number of hydrogen-bond donors (Lipinski definition) is 3. The van der Waals surface area contributed by atoms with Crippen LogP contribution in [0.1, 0.15) is 6.92 Å². The van der Waals surface area contributed by atoms with Gasteiger partial charge in [-0.3, -0.25) is 4.79 Å². The van der Waals surface area contributed by atoms with Crippen LogP contribution in [0.15, 0.2) is 23.0 Å². The Balaban J connectivity index is 2.26. The predicted octanol–water partition coefficient (Wildman–Crippen LogP) is 0.586. The van der Waals surface area contributed by atoms with E-state index < -0.39 is 17.9 Å². The van der Waals surface area contributed by atoms with Gasteiger partial charge in [-0.05, 0) is 18.2 Å². The van der Waals surface area contributed by atoms with E-state index in [-0.39, 0.29) is 11.6 Å². The summed E-state index contributed by atoms with van der Waals surface area (Å²) >= 11 is 0. The van der Waals surface area contributed by atoms with E-state index in [2.05, 4.69) is 25.1 Å². The van der Waals surface area contributed by atoms with Crippen molar-refractivity contribution >= 4 is 34.3 Å². The summed E-state index contributed by atoms with van der Waals surface area (Å²) in [6.45, 7) is 1.36. The molecule has 0 aliphatic carbocycles. The summed E-state index contributed by atoms with van der Waals surface area (Å²) in [6, 6.07) is 4.33. The Morgan fingerprint density at radius 1 is 1.41 bits per heavy atom. The standard InChI is InChI=1S/C12H9N5O5/c1-5(18)13-6-2-3-8-7(4-6)9-15-10(22-12(20)21)16-17(9)11(19)14-8/h2-4H,1H3,(H,13,18)(H,14,19)(H,20,21). The number of carbonyl (C=O) groups excluding carboxylic acids is 1. The van der Waals surface area contributed by atoms with Gasteiger partial charge < -0.3 is 20.1 Å². The van der Waals surface area contributed by atoms with Crippen molar-refractivity contribution < 1.29 is 19.4 Å². The van der Waals surface area contributed by atoms with Gasteiger partial charge in [-0.2, -0.15) is 9.50 Å². The lowest BCUT2D eigenvalue weighted by molar-refractivity contribution is -0.114. The molecule has 0 fully saturated rings. The molecule has 10 heteroatoms. The zero-order chi connectivity index (χ0) is 15.9. The molecule has 3 rings (SSSR count). The number of nitrogens with zero attached hydrogens (tertiary/aromatic N) is 3. The Kier molecular flexibility index (Phi) is 2.98. The maximum atomic E-state index is 11.9. The normalized spacial score (nSPS) is 10.8. The van der Waals surface area contributed by atoms with Gasteiger partial charge in [-0.15, -0.1) is 5.10 Å². The number of fused-ring (bicyclic) bond motifs is 3. The highest BCUT2D eigenvalue weighted by molar-refractivity contribution is 5.97. The molecule has 22 heavy (non-hydrogen) atoms. The van der Waals surface area contributed by atoms with Crippen molar-refractivity contribution in [2.24, 2.45) is 0 Å². The van der Waals surface area contributed by atoms with Crippen LogP contribution in [0.4, 0.5) is 10.5 Å². The van der Waals surface area contributed by atoms with Crippen LogP contribution < -0.4 is 15.7 Å². The Hall–Kier alpha value is -3.43. The van der Waals surface area contributed by atoms with E-state index in [0.717, 1.165) is 4.52 Å². The van der Waals surface area contributed by atoms with Crippen molar-refractivity contribution in [1.82, 2.24) is 19.6 Å². The number of rotatable bonds is 2. The third kappa shape index (κ3) is 2.32. The Labute approximate surface area is 121 Å². The molecule has 0 aliphatic rings. The second-order valence-corrected chi connectivity index (χ2v) is 4.37. The minimum Gasteiger partial charge on any atom is -0.449 e. The van der Waals surface area contributed by atoms with Crippen molar-refractivity contribution in [3.05, 3.63) is 28.7 Å². The first-order chi connectivity index (χ1) is 10.4. The predicted molar refractivity (Wildman–Crippen MR) is 74.1 cm³/mol. The number of carbonyl (C=O) groups is 2. The van der Waals surface area contributed by atoms with Gasteiger partial charge in [0.1, 0.15) is 0 Å². The molecule has 1 amide bonds. The quantitative estimate of drug-likeness (QED) is 0.588. The molecule has 0 unspecified atom stereocenters. The van der Waals surface area contributed by atoms with E-state index in [9.17, 15) is 14.4 Å². The highest BCUT2D eigenvalue weighted by Gasteiger charge is 2.14. The van der Waals surface area contributed by atoms with Crippen molar-refractivity contribution in [3.8, 4) is 6.01 Å². The molecule has 0 bridgehead atoms. The fraction of sp³-hybridized carbons (Fsp3) is 0.0833. The molecule has 3 aromatic rings. The maximum absolute atomic E-state index is 11.9. The van der Waals surface area contributed by atoms with Gasteiger partial charge in [0.25, 0.3) is 0 Å². The molecule has 3 N–H and O–H groups in total. The first-order valence-corrected chi connectivity index (χ1v) is 6.05. The number of aromatic amines is 1. The van der Waals surface area contributed by atoms with Crippen LogP contribution in [0.25, 0.3) is 16.6 Å². The Morgan fingerprint density at radius 2 is 2.18 bits per heavy atom. The molecule has 0 atom stereocenters. The summed E-state index contributed by atoms with van der Waals surface area (Å²) in [7, 11) is 0. The topological polar surface area (TPSA) is 139 Å². The second kappa shape index (κ2) is 4.84. The van der Waals surface area contributed by atoms with E-state index >= 15 is 0 Å². The van der Waals surface area contributed by atoms with E-state index in [1.165, 1.54) is 6.92 Å². The Bertz CT molecular complexity index is 973. The summed E-state index contributed by atoms with van der Waals surface area (Å²) in [4.78, 5) is 40.0. The fourth-order valence-corrected chi connectivity index (χ4v) is 2.02. The molecule has 0 saturated carbocycles. The number of H-pyrrole nitrogens is 1. The smallest absolute Gasteiger partial charge is 0.449 e. The van der Waals surface area contributed by atoms with Gasteiger partial charge in [-0.25, -0.2) is 9.59 Å². The number of hydrogen-bond acceptors (Lipinski definition) is 6. The molecule has 112 valence electrons. The maximum Gasteiger partial charge on any atom is 0.513 e. The molecule has 10 nitrogen and oxygen atoms in total. The molecule has 1 aromatic carbocycles. The molecular weight excluding hydrogens is 294 g/mol. The number of aromatic nitrogens is 4. The van der Waals surface area contributed by atoms with Crippen molar-refractivity contribution in [3.63, 3.8) is 0 Å². The van der Waals surface area contributed by atoms with Crippen LogP contribution in [0, 0.1) is 0 Å². The van der Waals surface area contributed by atoms with E-state index in [1.807, 2.05) is 0 Å². The lowest BCUT2D eigenvalue weighted by atomic mass is 10.2. The highest BCUT2D eigenvalue weighted by atomic mass is 16.7. The minimum atomic E-state index is -1.59. The van der Waals surface area contributed by atoms with Crippen molar-refractivity contribution in [2.45, 2.75) is 6.92 Å². The average Bonchev–Trinajstić information content (AvgIpc) is 2.82. The molecular formula is C12H9N5O5. The summed E-state index contributed by atoms with van der Waals surface area (Å²) in [5.41, 5.74) is 0.475. The first kappa shape index (κ1) is 13.5. The largest absolute Gasteiger partial charge is 0.513 e. The van der Waals surface area contributed by atoms with Gasteiger partial charge in [0.2, 0.25) is 5.91 Å². The summed E-state index contributed by atoms with van der Waals surface area (Å²) in [5.74, 6) is -0.254. The molecule has 2 heterocycles. The van der Waals surface area contributed by atoms with Gasteiger partial charge >= 0.3 is 17.9 Å². The summed E-state index contributed by atoms with van der Waals surface area (Å²) in [5, 5.41) is 15.3. The van der Waals surface area contributed by atoms with Gasteiger partial charge in [0.15, 0.2) is 5.65 Å². The number of ether oxygens (including phenoxy) is 1. The molecule has 0 radical (unpaired) electrons. The van der Waals surface area contributed by atoms with Crippen LogP contribution in [0.3, 0.4) is 0 Å². The minimum absolute atomic E-state index is 0.113. The number of anilines is 1. The molecule has 0 spiro atoms. The second-order valence-electron chi connectivity index (χ2n) is 4.37. The van der Waals surface area contributed by atoms with Crippen LogP contribution in [-0.4, -0.2) is 36.8 Å². The van der Waals surface area contributed by atoms with Crippen molar-refractivity contribution in [2.75, 3.05) is 5.32 Å². The van der Waals surface area contributed by atoms with Crippen LogP contribution in [-0.2, 0) is 4.79 Å². The monoisotopic (exact) mass is 303 g/mol. The number of benzene rings is 1. The lowest BCUT2D eigenvalue weighted by Gasteiger charge is -2.04. The molecule has 2 aromatic heterocycles. The zero-order valence-electron chi connectivity index (χ0n) is 11.2. The molecule has 0 saturated heterocycles. The summed E-state index contributed by atoms with van der Waals surface area (Å²) in [6.07, 6.45) is -1.59. The number of nitrogens with one attached hydrogen (secondary N) is 2. The SMILES string of the molecule is CC(=O)Nc1ccc2[nH]c(=O)n3nc(OC(=O)O)nc3c2c1. The lowest BCUT2D eigenvalue weighted by Crippen LogP contribution is -2.17. The molecule has 0 aliphatic heterocycles. The first-order valence-electron chi connectivity index (χ1n) is 6.05.